The monoisotopic (exact) mass is 650 g/mol. The number of nitrogens with one attached hydrogen (secondary N) is 1. The van der Waals surface area contributed by atoms with Gasteiger partial charge in [-0.1, -0.05) is 39.1 Å². The van der Waals surface area contributed by atoms with Gasteiger partial charge < -0.3 is 14.8 Å². The zero-order valence-electron chi connectivity index (χ0n) is 23.3. The van der Waals surface area contributed by atoms with Crippen LogP contribution in [0.15, 0.2) is 84.9 Å². The predicted molar refractivity (Wildman–Crippen MR) is 165 cm³/mol. The van der Waals surface area contributed by atoms with Crippen molar-refractivity contribution in [1.29, 1.82) is 0 Å². The van der Waals surface area contributed by atoms with Crippen molar-refractivity contribution in [3.63, 3.8) is 0 Å². The van der Waals surface area contributed by atoms with E-state index in [0.717, 1.165) is 12.1 Å². The van der Waals surface area contributed by atoms with Crippen LogP contribution in [0.1, 0.15) is 31.8 Å². The molecular weight excluding hydrogens is 618 g/mol. The Morgan fingerprint density at radius 3 is 1.91 bits per heavy atom. The molecule has 5 aromatic rings. The fourth-order valence-corrected chi connectivity index (χ4v) is 4.45. The normalized spacial score (nSPS) is 11.0. The van der Waals surface area contributed by atoms with E-state index in [1.807, 2.05) is 0 Å². The minimum absolute atomic E-state index is 0. The molecule has 1 aromatic heterocycles. The highest BCUT2D eigenvalue weighted by atomic mass is 19.4. The molecule has 0 amide bonds. The van der Waals surface area contributed by atoms with E-state index in [1.54, 1.807) is 67.1 Å². The van der Waals surface area contributed by atoms with E-state index in [9.17, 15) is 36.5 Å². The SMILES string of the molecule is C.C.COc1cccc(-n2c(C)nc3c(C(F)(F)F)cccc32)c1.COc1cccc(Nc2cccc(C(F)(F)F)c2[N+](=O)[O-])c1. The van der Waals surface area contributed by atoms with Crippen LogP contribution in [0.2, 0.25) is 0 Å². The zero-order valence-corrected chi connectivity index (χ0v) is 23.3. The first-order valence-corrected chi connectivity index (χ1v) is 12.7. The highest BCUT2D eigenvalue weighted by molar-refractivity contribution is 5.82. The largest absolute Gasteiger partial charge is 0.497 e. The molecule has 0 fully saturated rings. The maximum absolute atomic E-state index is 13.1. The molecule has 1 N–H and O–H groups in total. The van der Waals surface area contributed by atoms with E-state index in [1.165, 1.54) is 25.3 Å². The Balaban J connectivity index is 0.000000307. The number of alkyl halides is 6. The van der Waals surface area contributed by atoms with Crippen LogP contribution < -0.4 is 14.8 Å². The van der Waals surface area contributed by atoms with Crippen molar-refractivity contribution in [3.05, 3.63) is 112 Å². The smallest absolute Gasteiger partial charge is 0.423 e. The van der Waals surface area contributed by atoms with Gasteiger partial charge in [-0.2, -0.15) is 26.3 Å². The van der Waals surface area contributed by atoms with Gasteiger partial charge in [-0.25, -0.2) is 4.98 Å². The van der Waals surface area contributed by atoms with Gasteiger partial charge in [-0.05, 0) is 55.5 Å². The lowest BCUT2D eigenvalue weighted by Crippen LogP contribution is -2.10. The van der Waals surface area contributed by atoms with Crippen LogP contribution in [0.25, 0.3) is 16.7 Å². The second-order valence-corrected chi connectivity index (χ2v) is 9.18. The molecular formula is C32H32F6N4O4. The summed E-state index contributed by atoms with van der Waals surface area (Å²) >= 11 is 0. The molecule has 0 aliphatic heterocycles. The summed E-state index contributed by atoms with van der Waals surface area (Å²) in [4.78, 5) is 14.1. The Labute approximate surface area is 261 Å². The molecule has 0 atom stereocenters. The van der Waals surface area contributed by atoms with Crippen molar-refractivity contribution in [1.82, 2.24) is 9.55 Å². The third kappa shape index (κ3) is 8.06. The topological polar surface area (TPSA) is 91.5 Å². The van der Waals surface area contributed by atoms with E-state index in [-0.39, 0.29) is 26.1 Å². The number of hydrogen-bond acceptors (Lipinski definition) is 6. The summed E-state index contributed by atoms with van der Waals surface area (Å²) in [5.74, 6) is 1.59. The van der Waals surface area contributed by atoms with Gasteiger partial charge in [0.25, 0.3) is 0 Å². The Morgan fingerprint density at radius 2 is 1.33 bits per heavy atom. The molecule has 0 saturated heterocycles. The molecule has 46 heavy (non-hydrogen) atoms. The molecule has 14 heteroatoms. The maximum atomic E-state index is 13.1. The van der Waals surface area contributed by atoms with Crippen LogP contribution in [-0.2, 0) is 12.4 Å². The van der Waals surface area contributed by atoms with Gasteiger partial charge in [0.15, 0.2) is 0 Å². The highest BCUT2D eigenvalue weighted by Gasteiger charge is 2.40. The number of benzene rings is 4. The van der Waals surface area contributed by atoms with Crippen molar-refractivity contribution in [2.24, 2.45) is 0 Å². The van der Waals surface area contributed by atoms with E-state index in [4.69, 9.17) is 9.47 Å². The Morgan fingerprint density at radius 1 is 0.783 bits per heavy atom. The number of anilines is 2. The number of methoxy groups -OCH3 is 2. The summed E-state index contributed by atoms with van der Waals surface area (Å²) in [6, 6.07) is 20.5. The number of para-hydroxylation sites is 2. The van der Waals surface area contributed by atoms with E-state index < -0.39 is 34.1 Å². The molecule has 0 aliphatic rings. The number of fused-ring (bicyclic) bond motifs is 1. The van der Waals surface area contributed by atoms with E-state index >= 15 is 0 Å². The van der Waals surface area contributed by atoms with Gasteiger partial charge in [0, 0.05) is 17.8 Å². The molecule has 0 aliphatic carbocycles. The molecule has 5 rings (SSSR count). The van der Waals surface area contributed by atoms with Crippen LogP contribution in [0.3, 0.4) is 0 Å². The third-order valence-corrected chi connectivity index (χ3v) is 6.34. The van der Waals surface area contributed by atoms with Crippen LogP contribution in [0, 0.1) is 17.0 Å². The summed E-state index contributed by atoms with van der Waals surface area (Å²) in [6.45, 7) is 1.68. The number of halogens is 6. The lowest BCUT2D eigenvalue weighted by molar-refractivity contribution is -0.387. The van der Waals surface area contributed by atoms with Crippen LogP contribution >= 0.6 is 0 Å². The van der Waals surface area contributed by atoms with Crippen molar-refractivity contribution >= 4 is 28.1 Å². The van der Waals surface area contributed by atoms with Crippen molar-refractivity contribution in [2.75, 3.05) is 19.5 Å². The molecule has 0 spiro atoms. The first-order chi connectivity index (χ1) is 20.7. The van der Waals surface area contributed by atoms with Crippen molar-refractivity contribution in [3.8, 4) is 17.2 Å². The minimum Gasteiger partial charge on any atom is -0.497 e. The standard InChI is InChI=1S/C16H13F3N2O.C14H11F3N2O3.2CH4/c1-10-20-15-13(16(17,18)19)7-4-8-14(15)21(10)11-5-3-6-12(9-11)22-2;1-22-10-5-2-4-9(8-10)18-12-7-3-6-11(14(15,16)17)13(12)19(20)21;;/h3-9H,1-2H3;2-8,18H,1H3;2*1H4. The molecule has 0 bridgehead atoms. The molecule has 0 unspecified atom stereocenters. The lowest BCUT2D eigenvalue weighted by atomic mass is 10.1. The molecule has 0 radical (unpaired) electrons. The van der Waals surface area contributed by atoms with E-state index in [2.05, 4.69) is 10.3 Å². The lowest BCUT2D eigenvalue weighted by Gasteiger charge is -2.12. The number of nitro benzene ring substituents is 1. The van der Waals surface area contributed by atoms with Crippen molar-refractivity contribution in [2.45, 2.75) is 34.1 Å². The summed E-state index contributed by atoms with van der Waals surface area (Å²) < 4.78 is 89.9. The first-order valence-electron chi connectivity index (χ1n) is 12.7. The minimum atomic E-state index is -4.81. The van der Waals surface area contributed by atoms with E-state index in [0.29, 0.717) is 40.3 Å². The number of imidazole rings is 1. The number of aryl methyl sites for hydroxylation is 1. The maximum Gasteiger partial charge on any atom is 0.423 e. The summed E-state index contributed by atoms with van der Waals surface area (Å²) in [5.41, 5.74) is -1.83. The summed E-state index contributed by atoms with van der Waals surface area (Å²) in [6.07, 6.45) is -9.24. The predicted octanol–water partition coefficient (Wildman–Crippen LogP) is 10.00. The van der Waals surface area contributed by atoms with Gasteiger partial charge in [0.2, 0.25) is 0 Å². The van der Waals surface area contributed by atoms with Crippen molar-refractivity contribution < 1.29 is 40.7 Å². The quantitative estimate of drug-likeness (QED) is 0.112. The zero-order chi connectivity index (χ0) is 32.2. The highest BCUT2D eigenvalue weighted by Crippen LogP contribution is 2.41. The van der Waals surface area contributed by atoms with Gasteiger partial charge in [-0.15, -0.1) is 0 Å². The van der Waals surface area contributed by atoms with Gasteiger partial charge in [-0.3, -0.25) is 14.7 Å². The molecule has 246 valence electrons. The number of nitrogens with zero attached hydrogens (tertiary/aromatic N) is 3. The van der Waals surface area contributed by atoms with Crippen LogP contribution in [0.4, 0.5) is 43.4 Å². The Hall–Kier alpha value is -5.27. The number of ether oxygens (including phenoxy) is 2. The number of rotatable bonds is 6. The first kappa shape index (κ1) is 36.9. The van der Waals surface area contributed by atoms with Crippen LogP contribution in [-0.4, -0.2) is 28.7 Å². The van der Waals surface area contributed by atoms with Gasteiger partial charge >= 0.3 is 18.0 Å². The average molecular weight is 651 g/mol. The van der Waals surface area contributed by atoms with Crippen LogP contribution in [0.5, 0.6) is 11.5 Å². The average Bonchev–Trinajstić information content (AvgIpc) is 3.32. The second-order valence-electron chi connectivity index (χ2n) is 9.18. The second kappa shape index (κ2) is 14.7. The molecule has 1 heterocycles. The number of hydrogen-bond donors (Lipinski definition) is 1. The number of aromatic nitrogens is 2. The third-order valence-electron chi connectivity index (χ3n) is 6.34. The molecule has 4 aromatic carbocycles. The fourth-order valence-electron chi connectivity index (χ4n) is 4.45. The Bertz CT molecular complexity index is 1800. The molecule has 8 nitrogen and oxygen atoms in total. The van der Waals surface area contributed by atoms with Gasteiger partial charge in [0.05, 0.1) is 35.9 Å². The molecule has 0 saturated carbocycles. The fraction of sp³-hybridized carbons (Fsp3) is 0.219. The van der Waals surface area contributed by atoms with Gasteiger partial charge in [0.1, 0.15) is 34.1 Å². The number of nitro groups is 1. The summed E-state index contributed by atoms with van der Waals surface area (Å²) in [5, 5.41) is 13.7. The Kier molecular flexibility index (Phi) is 11.8. The summed E-state index contributed by atoms with van der Waals surface area (Å²) in [7, 11) is 2.98.